The van der Waals surface area contributed by atoms with E-state index in [1.54, 1.807) is 11.3 Å². The summed E-state index contributed by atoms with van der Waals surface area (Å²) >= 11 is 1.75. The molecule has 0 aliphatic heterocycles. The van der Waals surface area contributed by atoms with Gasteiger partial charge in [0.05, 0.1) is 6.04 Å². The molecule has 0 saturated carbocycles. The van der Waals surface area contributed by atoms with Gasteiger partial charge in [-0.1, -0.05) is 19.9 Å². The van der Waals surface area contributed by atoms with Gasteiger partial charge in [0.2, 0.25) is 0 Å². The molecule has 0 fully saturated rings. The number of thiophene rings is 1. The summed E-state index contributed by atoms with van der Waals surface area (Å²) in [5.74, 6) is 0.693. The number of nitrogens with zero attached hydrogens (tertiary/aromatic N) is 1. The zero-order valence-electron chi connectivity index (χ0n) is 10.8. The van der Waals surface area contributed by atoms with Crippen molar-refractivity contribution in [2.45, 2.75) is 39.8 Å². The molecule has 0 amide bonds. The quantitative estimate of drug-likeness (QED) is 0.828. The molecule has 2 nitrogen and oxygen atoms in total. The average molecular weight is 240 g/mol. The molecule has 0 radical (unpaired) electrons. The van der Waals surface area contributed by atoms with Gasteiger partial charge < -0.3 is 5.73 Å². The van der Waals surface area contributed by atoms with Crippen molar-refractivity contribution in [3.63, 3.8) is 0 Å². The Labute approximate surface area is 103 Å². The van der Waals surface area contributed by atoms with Crippen LogP contribution in [-0.4, -0.2) is 24.0 Å². The molecule has 0 aliphatic carbocycles. The van der Waals surface area contributed by atoms with Crippen LogP contribution in [0.3, 0.4) is 0 Å². The van der Waals surface area contributed by atoms with E-state index in [0.29, 0.717) is 12.0 Å². The minimum absolute atomic E-state index is 0.154. The number of hydrogen-bond acceptors (Lipinski definition) is 3. The third kappa shape index (κ3) is 4.24. The van der Waals surface area contributed by atoms with E-state index in [4.69, 9.17) is 5.73 Å². The molecule has 16 heavy (non-hydrogen) atoms. The van der Waals surface area contributed by atoms with Crippen LogP contribution in [0.5, 0.6) is 0 Å². The Hall–Kier alpha value is -0.380. The van der Waals surface area contributed by atoms with Gasteiger partial charge in [-0.05, 0) is 31.2 Å². The molecule has 0 saturated heterocycles. The van der Waals surface area contributed by atoms with Gasteiger partial charge in [0.1, 0.15) is 0 Å². The van der Waals surface area contributed by atoms with Crippen LogP contribution in [0.25, 0.3) is 0 Å². The third-order valence-corrected chi connectivity index (χ3v) is 3.67. The molecule has 0 aromatic carbocycles. The third-order valence-electron chi connectivity index (χ3n) is 2.67. The lowest BCUT2D eigenvalue weighted by Crippen LogP contribution is -2.39. The van der Waals surface area contributed by atoms with Crippen molar-refractivity contribution < 1.29 is 0 Å². The van der Waals surface area contributed by atoms with Gasteiger partial charge in [-0.3, -0.25) is 4.90 Å². The SMILES string of the molecule is CC(C)CN(CC(N)c1cccs1)C(C)C. The van der Waals surface area contributed by atoms with Crippen LogP contribution in [0.1, 0.15) is 38.6 Å². The maximum atomic E-state index is 6.22. The zero-order valence-corrected chi connectivity index (χ0v) is 11.6. The second-order valence-electron chi connectivity index (χ2n) is 5.06. The van der Waals surface area contributed by atoms with Gasteiger partial charge in [0.15, 0.2) is 0 Å². The van der Waals surface area contributed by atoms with E-state index in [0.717, 1.165) is 13.1 Å². The molecule has 1 aromatic heterocycles. The van der Waals surface area contributed by atoms with E-state index in [1.807, 2.05) is 0 Å². The van der Waals surface area contributed by atoms with Gasteiger partial charge in [-0.25, -0.2) is 0 Å². The normalized spacial score (nSPS) is 14.0. The van der Waals surface area contributed by atoms with Crippen molar-refractivity contribution in [3.8, 4) is 0 Å². The summed E-state index contributed by atoms with van der Waals surface area (Å²) in [5.41, 5.74) is 6.22. The molecule has 1 unspecified atom stereocenters. The summed E-state index contributed by atoms with van der Waals surface area (Å²) in [7, 11) is 0. The molecule has 3 heteroatoms. The molecule has 1 aromatic rings. The van der Waals surface area contributed by atoms with Gasteiger partial charge in [-0.15, -0.1) is 11.3 Å². The van der Waals surface area contributed by atoms with Gasteiger partial charge >= 0.3 is 0 Å². The highest BCUT2D eigenvalue weighted by Crippen LogP contribution is 2.19. The van der Waals surface area contributed by atoms with E-state index in [-0.39, 0.29) is 6.04 Å². The fourth-order valence-corrected chi connectivity index (χ4v) is 2.53. The maximum absolute atomic E-state index is 6.22. The molecule has 0 spiro atoms. The summed E-state index contributed by atoms with van der Waals surface area (Å²) < 4.78 is 0. The van der Waals surface area contributed by atoms with Crippen molar-refractivity contribution in [2.75, 3.05) is 13.1 Å². The lowest BCUT2D eigenvalue weighted by Gasteiger charge is -2.30. The standard InChI is InChI=1S/C13H24N2S/c1-10(2)8-15(11(3)4)9-12(14)13-6-5-7-16-13/h5-7,10-12H,8-9,14H2,1-4H3. The van der Waals surface area contributed by atoms with Gasteiger partial charge in [0.25, 0.3) is 0 Å². The van der Waals surface area contributed by atoms with E-state index < -0.39 is 0 Å². The lowest BCUT2D eigenvalue weighted by molar-refractivity contribution is 0.187. The minimum atomic E-state index is 0.154. The molecule has 0 aliphatic rings. The predicted molar refractivity (Wildman–Crippen MR) is 72.8 cm³/mol. The summed E-state index contributed by atoms with van der Waals surface area (Å²) in [6, 6.07) is 4.92. The summed E-state index contributed by atoms with van der Waals surface area (Å²) in [6.07, 6.45) is 0. The Morgan fingerprint density at radius 3 is 2.38 bits per heavy atom. The van der Waals surface area contributed by atoms with Crippen LogP contribution in [0, 0.1) is 5.92 Å². The first-order valence-corrected chi connectivity index (χ1v) is 6.91. The van der Waals surface area contributed by atoms with Crippen molar-refractivity contribution in [3.05, 3.63) is 22.4 Å². The summed E-state index contributed by atoms with van der Waals surface area (Å²) in [4.78, 5) is 3.75. The van der Waals surface area contributed by atoms with Crippen molar-refractivity contribution in [2.24, 2.45) is 11.7 Å². The molecule has 1 rings (SSSR count). The highest BCUT2D eigenvalue weighted by atomic mass is 32.1. The number of nitrogens with two attached hydrogens (primary N) is 1. The predicted octanol–water partition coefficient (Wildman–Crippen LogP) is 3.11. The second kappa shape index (κ2) is 6.38. The Morgan fingerprint density at radius 1 is 1.25 bits per heavy atom. The molecule has 1 heterocycles. The number of hydrogen-bond donors (Lipinski definition) is 1. The largest absolute Gasteiger partial charge is 0.322 e. The first-order valence-electron chi connectivity index (χ1n) is 6.03. The van der Waals surface area contributed by atoms with E-state index >= 15 is 0 Å². The Morgan fingerprint density at radius 2 is 1.94 bits per heavy atom. The molecular weight excluding hydrogens is 216 g/mol. The van der Waals surface area contributed by atoms with Crippen LogP contribution in [-0.2, 0) is 0 Å². The van der Waals surface area contributed by atoms with Crippen molar-refractivity contribution in [1.29, 1.82) is 0 Å². The fourth-order valence-electron chi connectivity index (χ4n) is 1.81. The van der Waals surface area contributed by atoms with Gasteiger partial charge in [0, 0.05) is 24.0 Å². The summed E-state index contributed by atoms with van der Waals surface area (Å²) in [5, 5.41) is 2.09. The maximum Gasteiger partial charge on any atom is 0.0519 e. The highest BCUT2D eigenvalue weighted by Gasteiger charge is 2.16. The first-order chi connectivity index (χ1) is 7.50. The second-order valence-corrected chi connectivity index (χ2v) is 6.04. The molecule has 92 valence electrons. The topological polar surface area (TPSA) is 29.3 Å². The van der Waals surface area contributed by atoms with Crippen LogP contribution >= 0.6 is 11.3 Å². The molecule has 0 bridgehead atoms. The number of rotatable bonds is 6. The van der Waals surface area contributed by atoms with Crippen LogP contribution in [0.15, 0.2) is 17.5 Å². The first kappa shape index (κ1) is 13.7. The van der Waals surface area contributed by atoms with Crippen LogP contribution < -0.4 is 5.73 Å². The Kier molecular flexibility index (Phi) is 5.46. The zero-order chi connectivity index (χ0) is 12.1. The molecule has 2 N–H and O–H groups in total. The van der Waals surface area contributed by atoms with Gasteiger partial charge in [-0.2, -0.15) is 0 Å². The van der Waals surface area contributed by atoms with Crippen LogP contribution in [0.4, 0.5) is 0 Å². The Balaban J connectivity index is 2.54. The van der Waals surface area contributed by atoms with E-state index in [9.17, 15) is 0 Å². The van der Waals surface area contributed by atoms with Crippen molar-refractivity contribution >= 4 is 11.3 Å². The lowest BCUT2D eigenvalue weighted by atomic mass is 10.1. The van der Waals surface area contributed by atoms with E-state index in [1.165, 1.54) is 4.88 Å². The molecule has 1 atom stereocenters. The highest BCUT2D eigenvalue weighted by molar-refractivity contribution is 7.10. The minimum Gasteiger partial charge on any atom is -0.322 e. The van der Waals surface area contributed by atoms with Crippen LogP contribution in [0.2, 0.25) is 0 Å². The van der Waals surface area contributed by atoms with E-state index in [2.05, 4.69) is 50.1 Å². The Bertz CT molecular complexity index is 280. The van der Waals surface area contributed by atoms with Crippen molar-refractivity contribution in [1.82, 2.24) is 4.90 Å². The monoisotopic (exact) mass is 240 g/mol. The smallest absolute Gasteiger partial charge is 0.0519 e. The average Bonchev–Trinajstić information content (AvgIpc) is 2.68. The molecular formula is C13H24N2S. The fraction of sp³-hybridized carbons (Fsp3) is 0.692. The summed E-state index contributed by atoms with van der Waals surface area (Å²) in [6.45, 7) is 11.1.